The average Bonchev–Trinajstić information content (AvgIpc) is 2.87. The topological polar surface area (TPSA) is 129 Å². The number of alkyl halides is 3. The first kappa shape index (κ1) is 25.1. The number of carbonyl (C=O) groups is 2. The maximum absolute atomic E-state index is 12.7. The highest BCUT2D eigenvalue weighted by Crippen LogP contribution is 2.43. The molecule has 12 heteroatoms. The van der Waals surface area contributed by atoms with E-state index in [4.69, 9.17) is 15.2 Å². The van der Waals surface area contributed by atoms with Gasteiger partial charge in [0.25, 0.3) is 5.91 Å². The number of rotatable bonds is 7. The van der Waals surface area contributed by atoms with Crippen LogP contribution in [0.15, 0.2) is 47.4 Å². The first-order valence-corrected chi connectivity index (χ1v) is 11.1. The molecule has 36 heavy (non-hydrogen) atoms. The van der Waals surface area contributed by atoms with E-state index >= 15 is 0 Å². The van der Waals surface area contributed by atoms with E-state index in [2.05, 4.69) is 20.3 Å². The van der Waals surface area contributed by atoms with Gasteiger partial charge in [-0.25, -0.2) is 9.97 Å². The third kappa shape index (κ3) is 5.16. The van der Waals surface area contributed by atoms with Crippen LogP contribution < -0.4 is 20.5 Å². The number of hydrogen-bond donors (Lipinski definition) is 2. The van der Waals surface area contributed by atoms with Crippen LogP contribution in [0, 0.1) is 11.3 Å². The van der Waals surface area contributed by atoms with Gasteiger partial charge in [0.1, 0.15) is 11.4 Å². The van der Waals surface area contributed by atoms with Crippen LogP contribution >= 0.6 is 0 Å². The SMILES string of the molecule is COc1ncc(-c2cccc3c2C[C@@H](C2(C(N)=O)C=NC(C(=O)NCCC(F)(F)F)=CC2)CO3)cn1. The fraction of sp³-hybridized carbons (Fsp3) is 0.375. The highest BCUT2D eigenvalue weighted by molar-refractivity contribution is 6.02. The molecule has 0 aliphatic carbocycles. The average molecular weight is 503 g/mol. The van der Waals surface area contributed by atoms with E-state index in [9.17, 15) is 22.8 Å². The molecule has 1 unspecified atom stereocenters. The summed E-state index contributed by atoms with van der Waals surface area (Å²) in [5.41, 5.74) is 6.91. The maximum atomic E-state index is 12.7. The molecule has 2 aliphatic heterocycles. The van der Waals surface area contributed by atoms with Gasteiger partial charge in [-0.05, 0) is 24.5 Å². The Bertz CT molecular complexity index is 1210. The second-order valence-corrected chi connectivity index (χ2v) is 8.53. The van der Waals surface area contributed by atoms with E-state index in [1.165, 1.54) is 19.4 Å². The van der Waals surface area contributed by atoms with E-state index in [0.29, 0.717) is 12.2 Å². The summed E-state index contributed by atoms with van der Waals surface area (Å²) in [5, 5.41) is 2.19. The Kier molecular flexibility index (Phi) is 6.95. The summed E-state index contributed by atoms with van der Waals surface area (Å²) in [4.78, 5) is 37.3. The summed E-state index contributed by atoms with van der Waals surface area (Å²) in [7, 11) is 1.47. The number of fused-ring (bicyclic) bond motifs is 1. The molecule has 9 nitrogen and oxygen atoms in total. The number of aliphatic imine (C=N–C) groups is 1. The Morgan fingerprint density at radius 1 is 1.28 bits per heavy atom. The van der Waals surface area contributed by atoms with E-state index in [-0.39, 0.29) is 24.7 Å². The van der Waals surface area contributed by atoms with Gasteiger partial charge in [0.05, 0.1) is 25.6 Å². The maximum Gasteiger partial charge on any atom is 0.390 e. The monoisotopic (exact) mass is 503 g/mol. The van der Waals surface area contributed by atoms with Crippen LogP contribution in [-0.2, 0) is 16.0 Å². The summed E-state index contributed by atoms with van der Waals surface area (Å²) in [5.74, 6) is -1.13. The first-order valence-electron chi connectivity index (χ1n) is 11.1. The minimum absolute atomic E-state index is 0.0605. The normalized spacial score (nSPS) is 21.1. The van der Waals surface area contributed by atoms with E-state index in [1.807, 2.05) is 18.2 Å². The molecular weight excluding hydrogens is 479 g/mol. The van der Waals surface area contributed by atoms with Gasteiger partial charge in [-0.1, -0.05) is 18.2 Å². The lowest BCUT2D eigenvalue weighted by Crippen LogP contribution is -2.49. The zero-order valence-electron chi connectivity index (χ0n) is 19.3. The third-order valence-electron chi connectivity index (χ3n) is 6.33. The molecule has 3 N–H and O–H groups in total. The zero-order valence-corrected chi connectivity index (χ0v) is 19.3. The van der Waals surface area contributed by atoms with Gasteiger partial charge in [0.2, 0.25) is 5.91 Å². The molecule has 2 aromatic rings. The van der Waals surface area contributed by atoms with Crippen molar-refractivity contribution < 1.29 is 32.2 Å². The second-order valence-electron chi connectivity index (χ2n) is 8.53. The van der Waals surface area contributed by atoms with Gasteiger partial charge in [0, 0.05) is 42.2 Å². The van der Waals surface area contributed by atoms with Crippen molar-refractivity contribution in [1.29, 1.82) is 0 Å². The predicted molar refractivity (Wildman–Crippen MR) is 123 cm³/mol. The molecular formula is C24H24F3N5O4. The molecule has 0 saturated carbocycles. The van der Waals surface area contributed by atoms with Crippen molar-refractivity contribution in [2.24, 2.45) is 22.1 Å². The van der Waals surface area contributed by atoms with Crippen molar-refractivity contribution in [3.8, 4) is 22.9 Å². The molecule has 0 spiro atoms. The number of nitrogens with one attached hydrogen (secondary N) is 1. The smallest absolute Gasteiger partial charge is 0.390 e. The molecule has 0 saturated heterocycles. The number of allylic oxidation sites excluding steroid dienone is 1. The van der Waals surface area contributed by atoms with Crippen molar-refractivity contribution in [1.82, 2.24) is 15.3 Å². The number of aromatic nitrogens is 2. The number of amides is 2. The number of hydrogen-bond acceptors (Lipinski definition) is 7. The number of ether oxygens (including phenoxy) is 2. The summed E-state index contributed by atoms with van der Waals surface area (Å²) in [6, 6.07) is 5.80. The van der Waals surface area contributed by atoms with Crippen molar-refractivity contribution >= 4 is 18.0 Å². The Morgan fingerprint density at radius 3 is 2.64 bits per heavy atom. The predicted octanol–water partition coefficient (Wildman–Crippen LogP) is 2.60. The number of benzene rings is 1. The van der Waals surface area contributed by atoms with Crippen LogP contribution in [0.5, 0.6) is 11.8 Å². The van der Waals surface area contributed by atoms with Gasteiger partial charge < -0.3 is 20.5 Å². The lowest BCUT2D eigenvalue weighted by atomic mass is 9.68. The number of primary amides is 1. The minimum atomic E-state index is -4.38. The third-order valence-corrected chi connectivity index (χ3v) is 6.33. The molecule has 1 aromatic carbocycles. The standard InChI is InChI=1S/C24H24F3N5O4/c1-35-22-30-10-14(11-31-22)16-3-2-4-19-17(16)9-15(12-36-19)23(21(28)34)6-5-18(32-13-23)20(33)29-8-7-24(25,26)27/h2-5,10-11,13,15H,6-9,12H2,1H3,(H2,28,34)(H,29,33)/t15-,23?/m1/s1. The van der Waals surface area contributed by atoms with Crippen LogP contribution in [0.1, 0.15) is 18.4 Å². The molecule has 0 bridgehead atoms. The summed E-state index contributed by atoms with van der Waals surface area (Å²) < 4.78 is 48.1. The van der Waals surface area contributed by atoms with E-state index in [1.54, 1.807) is 12.4 Å². The van der Waals surface area contributed by atoms with E-state index < -0.39 is 42.3 Å². The fourth-order valence-electron chi connectivity index (χ4n) is 4.32. The first-order chi connectivity index (χ1) is 17.1. The lowest BCUT2D eigenvalue weighted by Gasteiger charge is -2.39. The number of methoxy groups -OCH3 is 1. The van der Waals surface area contributed by atoms with Crippen molar-refractivity contribution in [2.75, 3.05) is 20.3 Å². The van der Waals surface area contributed by atoms with Crippen LogP contribution in [0.3, 0.4) is 0 Å². The van der Waals surface area contributed by atoms with Crippen LogP contribution in [0.25, 0.3) is 11.1 Å². The number of nitrogens with two attached hydrogens (primary N) is 1. The molecule has 190 valence electrons. The Morgan fingerprint density at radius 2 is 2.03 bits per heavy atom. The van der Waals surface area contributed by atoms with Gasteiger partial charge in [-0.15, -0.1) is 0 Å². The number of nitrogens with zero attached hydrogens (tertiary/aromatic N) is 3. The van der Waals surface area contributed by atoms with Crippen molar-refractivity contribution in [3.05, 3.63) is 47.9 Å². The fourth-order valence-corrected chi connectivity index (χ4v) is 4.32. The highest BCUT2D eigenvalue weighted by atomic mass is 19.4. The molecule has 1 aromatic heterocycles. The summed E-state index contributed by atoms with van der Waals surface area (Å²) in [6.07, 6.45) is 0.956. The van der Waals surface area contributed by atoms with Gasteiger partial charge in [0.15, 0.2) is 0 Å². The van der Waals surface area contributed by atoms with Gasteiger partial charge >= 0.3 is 12.2 Å². The number of carbonyl (C=O) groups excluding carboxylic acids is 2. The molecule has 3 heterocycles. The quantitative estimate of drug-likeness (QED) is 0.598. The van der Waals surface area contributed by atoms with Gasteiger partial charge in [-0.3, -0.25) is 14.6 Å². The van der Waals surface area contributed by atoms with Crippen molar-refractivity contribution in [3.63, 3.8) is 0 Å². The van der Waals surface area contributed by atoms with Crippen LogP contribution in [0.4, 0.5) is 13.2 Å². The summed E-state index contributed by atoms with van der Waals surface area (Å²) >= 11 is 0. The molecule has 0 fully saturated rings. The highest BCUT2D eigenvalue weighted by Gasteiger charge is 2.46. The molecule has 4 rings (SSSR count). The summed E-state index contributed by atoms with van der Waals surface area (Å²) in [6.45, 7) is -0.382. The largest absolute Gasteiger partial charge is 0.493 e. The Balaban J connectivity index is 1.54. The van der Waals surface area contributed by atoms with Crippen LogP contribution in [-0.4, -0.2) is 54.4 Å². The Labute approximate surface area is 204 Å². The number of halogens is 3. The molecule has 2 aliphatic rings. The second kappa shape index (κ2) is 9.96. The van der Waals surface area contributed by atoms with Gasteiger partial charge in [-0.2, -0.15) is 13.2 Å². The zero-order chi connectivity index (χ0) is 25.9. The minimum Gasteiger partial charge on any atom is -0.493 e. The van der Waals surface area contributed by atoms with Crippen molar-refractivity contribution in [2.45, 2.75) is 25.4 Å². The van der Waals surface area contributed by atoms with E-state index in [0.717, 1.165) is 16.7 Å². The van der Waals surface area contributed by atoms with Crippen LogP contribution in [0.2, 0.25) is 0 Å². The molecule has 2 amide bonds. The molecule has 0 radical (unpaired) electrons. The molecule has 2 atom stereocenters. The Hall–Kier alpha value is -3.96. The lowest BCUT2D eigenvalue weighted by molar-refractivity contribution is -0.135.